The molecule has 1 unspecified atom stereocenters. The predicted molar refractivity (Wildman–Crippen MR) is 119 cm³/mol. The molecule has 0 spiro atoms. The summed E-state index contributed by atoms with van der Waals surface area (Å²) in [6.07, 6.45) is 1.95. The largest absolute Gasteiger partial charge is 0.391 e. The van der Waals surface area contributed by atoms with Crippen molar-refractivity contribution in [3.05, 3.63) is 35.9 Å². The number of halogens is 1. The van der Waals surface area contributed by atoms with Gasteiger partial charge in [0.25, 0.3) is 0 Å². The molecule has 0 radical (unpaired) electrons. The van der Waals surface area contributed by atoms with Gasteiger partial charge in [0.2, 0.25) is 5.91 Å². The van der Waals surface area contributed by atoms with Gasteiger partial charge in [-0.1, -0.05) is 30.3 Å². The van der Waals surface area contributed by atoms with Crippen molar-refractivity contribution >= 4 is 35.8 Å². The van der Waals surface area contributed by atoms with E-state index in [9.17, 15) is 9.90 Å². The van der Waals surface area contributed by atoms with Crippen LogP contribution in [0.3, 0.4) is 0 Å². The van der Waals surface area contributed by atoms with Gasteiger partial charge in [0.1, 0.15) is 0 Å². The molecule has 8 heteroatoms. The molecule has 7 nitrogen and oxygen atoms in total. The van der Waals surface area contributed by atoms with Crippen LogP contribution >= 0.6 is 24.0 Å². The van der Waals surface area contributed by atoms with E-state index in [1.807, 2.05) is 37.3 Å². The highest BCUT2D eigenvalue weighted by molar-refractivity contribution is 14.0. The number of benzene rings is 1. The van der Waals surface area contributed by atoms with Crippen molar-refractivity contribution in [2.75, 3.05) is 32.7 Å². The van der Waals surface area contributed by atoms with Crippen molar-refractivity contribution in [1.82, 2.24) is 15.5 Å². The standard InChI is InChI=1S/C19H31N5O2.HI/c1-2-21-19(22-13-17(25)12-15-6-4-3-5-7-15)23-16-8-10-24(11-9-16)14-18(20)26;/h3-7,16-17,25H,2,8-14H2,1H3,(H2,20,26)(H2,21,22,23);1H. The Morgan fingerprint density at radius 1 is 1.33 bits per heavy atom. The van der Waals surface area contributed by atoms with Crippen molar-refractivity contribution in [1.29, 1.82) is 0 Å². The van der Waals surface area contributed by atoms with Crippen LogP contribution in [0.4, 0.5) is 0 Å². The number of primary amides is 1. The average molecular weight is 489 g/mol. The van der Waals surface area contributed by atoms with Crippen molar-refractivity contribution < 1.29 is 9.90 Å². The number of likely N-dealkylation sites (tertiary alicyclic amines) is 1. The van der Waals surface area contributed by atoms with Gasteiger partial charge in [-0.05, 0) is 25.3 Å². The van der Waals surface area contributed by atoms with Crippen molar-refractivity contribution in [2.24, 2.45) is 10.7 Å². The molecule has 1 saturated heterocycles. The van der Waals surface area contributed by atoms with Crippen LogP contribution in [0.15, 0.2) is 35.3 Å². The van der Waals surface area contributed by atoms with Crippen molar-refractivity contribution in [2.45, 2.75) is 38.3 Å². The molecule has 1 amide bonds. The van der Waals surface area contributed by atoms with E-state index in [1.54, 1.807) is 0 Å². The van der Waals surface area contributed by atoms with E-state index in [0.29, 0.717) is 25.6 Å². The molecule has 152 valence electrons. The van der Waals surface area contributed by atoms with E-state index >= 15 is 0 Å². The summed E-state index contributed by atoms with van der Waals surface area (Å²) in [5, 5.41) is 16.9. The molecule has 1 fully saturated rings. The predicted octanol–water partition coefficient (Wildman–Crippen LogP) is 0.713. The normalized spacial score (nSPS) is 17.0. The lowest BCUT2D eigenvalue weighted by atomic mass is 10.1. The minimum Gasteiger partial charge on any atom is -0.391 e. The first-order valence-electron chi connectivity index (χ1n) is 9.34. The van der Waals surface area contributed by atoms with E-state index in [2.05, 4.69) is 20.5 Å². The summed E-state index contributed by atoms with van der Waals surface area (Å²) < 4.78 is 0. The SMILES string of the molecule is CCNC(=NCC(O)Cc1ccccc1)NC1CCN(CC(N)=O)CC1.I. The fourth-order valence-electron chi connectivity index (χ4n) is 3.12. The molecule has 1 aromatic carbocycles. The van der Waals surface area contributed by atoms with Gasteiger partial charge in [0, 0.05) is 32.1 Å². The van der Waals surface area contributed by atoms with Crippen LogP contribution < -0.4 is 16.4 Å². The summed E-state index contributed by atoms with van der Waals surface area (Å²) in [6, 6.07) is 10.2. The molecule has 5 N–H and O–H groups in total. The quantitative estimate of drug-likeness (QED) is 0.245. The number of hydrogen-bond donors (Lipinski definition) is 4. The minimum absolute atomic E-state index is 0. The number of carbonyl (C=O) groups is 1. The van der Waals surface area contributed by atoms with Crippen LogP contribution in [-0.4, -0.2) is 66.7 Å². The lowest BCUT2D eigenvalue weighted by Gasteiger charge is -2.32. The van der Waals surface area contributed by atoms with E-state index < -0.39 is 6.10 Å². The van der Waals surface area contributed by atoms with E-state index in [0.717, 1.165) is 44.0 Å². The lowest BCUT2D eigenvalue weighted by molar-refractivity contribution is -0.119. The Bertz CT molecular complexity index is 577. The minimum atomic E-state index is -0.509. The first-order chi connectivity index (χ1) is 12.6. The molecule has 0 saturated carbocycles. The van der Waals surface area contributed by atoms with Crippen LogP contribution in [-0.2, 0) is 11.2 Å². The van der Waals surface area contributed by atoms with Crippen LogP contribution in [0.2, 0.25) is 0 Å². The third-order valence-corrected chi connectivity index (χ3v) is 4.43. The molecule has 0 bridgehead atoms. The second-order valence-electron chi connectivity index (χ2n) is 6.72. The zero-order valence-corrected chi connectivity index (χ0v) is 18.3. The highest BCUT2D eigenvalue weighted by atomic mass is 127. The summed E-state index contributed by atoms with van der Waals surface area (Å²) >= 11 is 0. The molecular weight excluding hydrogens is 457 g/mol. The molecule has 0 aliphatic carbocycles. The molecule has 27 heavy (non-hydrogen) atoms. The number of aliphatic imine (C=N–C) groups is 1. The number of nitrogens with zero attached hydrogens (tertiary/aromatic N) is 2. The van der Waals surface area contributed by atoms with Gasteiger partial charge in [-0.2, -0.15) is 0 Å². The monoisotopic (exact) mass is 489 g/mol. The van der Waals surface area contributed by atoms with Gasteiger partial charge < -0.3 is 21.5 Å². The van der Waals surface area contributed by atoms with Crippen LogP contribution in [0.25, 0.3) is 0 Å². The molecular formula is C19H32IN5O2. The summed E-state index contributed by atoms with van der Waals surface area (Å²) in [4.78, 5) is 17.6. The fourth-order valence-corrected chi connectivity index (χ4v) is 3.12. The van der Waals surface area contributed by atoms with Crippen molar-refractivity contribution in [3.63, 3.8) is 0 Å². The Morgan fingerprint density at radius 2 is 2.00 bits per heavy atom. The smallest absolute Gasteiger partial charge is 0.231 e. The Kier molecular flexibility index (Phi) is 11.3. The number of carbonyl (C=O) groups excluding carboxylic acids is 1. The maximum atomic E-state index is 11.0. The highest BCUT2D eigenvalue weighted by Gasteiger charge is 2.20. The number of nitrogens with one attached hydrogen (secondary N) is 2. The Morgan fingerprint density at radius 3 is 2.59 bits per heavy atom. The maximum Gasteiger partial charge on any atom is 0.231 e. The molecule has 1 aliphatic heterocycles. The van der Waals surface area contributed by atoms with Gasteiger partial charge in [-0.15, -0.1) is 24.0 Å². The highest BCUT2D eigenvalue weighted by Crippen LogP contribution is 2.10. The number of guanidine groups is 1. The lowest BCUT2D eigenvalue weighted by Crippen LogP contribution is -2.50. The number of piperidine rings is 1. The molecule has 1 heterocycles. The number of aliphatic hydroxyl groups excluding tert-OH is 1. The molecule has 1 aliphatic rings. The van der Waals surface area contributed by atoms with E-state index in [4.69, 9.17) is 5.73 Å². The summed E-state index contributed by atoms with van der Waals surface area (Å²) in [5.41, 5.74) is 6.36. The summed E-state index contributed by atoms with van der Waals surface area (Å²) in [7, 11) is 0. The average Bonchev–Trinajstić information content (AvgIpc) is 2.62. The maximum absolute atomic E-state index is 11.0. The summed E-state index contributed by atoms with van der Waals surface area (Å²) in [6.45, 7) is 5.15. The van der Waals surface area contributed by atoms with Crippen LogP contribution in [0, 0.1) is 0 Å². The first-order valence-corrected chi connectivity index (χ1v) is 9.34. The second-order valence-corrected chi connectivity index (χ2v) is 6.72. The van der Waals surface area contributed by atoms with Crippen molar-refractivity contribution in [3.8, 4) is 0 Å². The Balaban J connectivity index is 0.00000364. The number of rotatable bonds is 8. The molecule has 1 aromatic rings. The zero-order valence-electron chi connectivity index (χ0n) is 15.9. The number of aliphatic hydroxyl groups is 1. The first kappa shape index (κ1) is 23.6. The number of hydrogen-bond acceptors (Lipinski definition) is 4. The summed E-state index contributed by atoms with van der Waals surface area (Å²) in [5.74, 6) is 0.451. The van der Waals surface area contributed by atoms with Gasteiger partial charge >= 0.3 is 0 Å². The second kappa shape index (κ2) is 12.9. The van der Waals surface area contributed by atoms with Gasteiger partial charge in [0.15, 0.2) is 5.96 Å². The molecule has 1 atom stereocenters. The zero-order chi connectivity index (χ0) is 18.8. The number of nitrogens with two attached hydrogens (primary N) is 1. The Labute approximate surface area is 178 Å². The third kappa shape index (κ3) is 9.39. The van der Waals surface area contributed by atoms with Crippen LogP contribution in [0.1, 0.15) is 25.3 Å². The fraction of sp³-hybridized carbons (Fsp3) is 0.579. The number of amides is 1. The van der Waals surface area contributed by atoms with Gasteiger partial charge in [0.05, 0.1) is 19.2 Å². The Hall–Kier alpha value is -1.39. The molecule has 2 rings (SSSR count). The van der Waals surface area contributed by atoms with E-state index in [-0.39, 0.29) is 29.9 Å². The van der Waals surface area contributed by atoms with Crippen LogP contribution in [0.5, 0.6) is 0 Å². The third-order valence-electron chi connectivity index (χ3n) is 4.43. The topological polar surface area (TPSA) is 103 Å². The van der Waals surface area contributed by atoms with Gasteiger partial charge in [-0.25, -0.2) is 0 Å². The van der Waals surface area contributed by atoms with E-state index in [1.165, 1.54) is 0 Å². The van der Waals surface area contributed by atoms with Gasteiger partial charge in [-0.3, -0.25) is 14.7 Å². The molecule has 0 aromatic heterocycles.